The molecule has 0 saturated heterocycles. The van der Waals surface area contributed by atoms with Gasteiger partial charge >= 0.3 is 5.97 Å². The third kappa shape index (κ3) is 7.07. The summed E-state index contributed by atoms with van der Waals surface area (Å²) in [6.45, 7) is 0.712. The minimum Gasteiger partial charge on any atom is -0.481 e. The quantitative estimate of drug-likeness (QED) is 0.498. The van der Waals surface area contributed by atoms with Gasteiger partial charge in [-0.05, 0) is 31.0 Å². The van der Waals surface area contributed by atoms with Gasteiger partial charge in [0.15, 0.2) is 0 Å². The van der Waals surface area contributed by atoms with E-state index in [4.69, 9.17) is 9.84 Å². The number of rotatable bonds is 11. The van der Waals surface area contributed by atoms with Gasteiger partial charge in [0, 0.05) is 32.2 Å². The Hall–Kier alpha value is -1.97. The monoisotopic (exact) mass is 358 g/mol. The molecule has 0 radical (unpaired) electrons. The number of hydrogen-bond acceptors (Lipinski definition) is 5. The van der Waals surface area contributed by atoms with Crippen LogP contribution in [-0.2, 0) is 19.6 Å². The van der Waals surface area contributed by atoms with Crippen molar-refractivity contribution >= 4 is 21.9 Å². The molecule has 0 heterocycles. The fraction of sp³-hybridized carbons (Fsp3) is 0.467. The predicted molar refractivity (Wildman–Crippen MR) is 87.3 cm³/mol. The van der Waals surface area contributed by atoms with Gasteiger partial charge in [-0.25, -0.2) is 13.1 Å². The zero-order valence-electron chi connectivity index (χ0n) is 13.4. The Kier molecular flexibility index (Phi) is 8.37. The van der Waals surface area contributed by atoms with E-state index in [1.807, 2.05) is 0 Å². The number of hydrogen-bond donors (Lipinski definition) is 3. The molecule has 0 aliphatic heterocycles. The van der Waals surface area contributed by atoms with Crippen LogP contribution in [0.3, 0.4) is 0 Å². The lowest BCUT2D eigenvalue weighted by atomic mass is 10.2. The molecule has 1 rings (SSSR count). The standard InChI is InChI=1S/C15H22N2O6S/c1-23-10-9-17-24(21,22)13-6-4-5-12(11-13)15(20)16-8-3-2-7-14(18)19/h4-6,11,17H,2-3,7-10H2,1H3,(H,16,20)(H,18,19). The summed E-state index contributed by atoms with van der Waals surface area (Å²) in [4.78, 5) is 22.4. The molecule has 0 spiro atoms. The fourth-order valence-electron chi connectivity index (χ4n) is 1.87. The van der Waals surface area contributed by atoms with Crippen molar-refractivity contribution in [3.8, 4) is 0 Å². The molecule has 3 N–H and O–H groups in total. The zero-order chi connectivity index (χ0) is 18.0. The minimum absolute atomic E-state index is 0.00266. The van der Waals surface area contributed by atoms with Crippen molar-refractivity contribution < 1.29 is 27.9 Å². The molecule has 8 nitrogen and oxygen atoms in total. The van der Waals surface area contributed by atoms with E-state index in [1.165, 1.54) is 31.4 Å². The maximum atomic E-state index is 12.1. The van der Waals surface area contributed by atoms with Crippen LogP contribution in [0.5, 0.6) is 0 Å². The molecule has 1 amide bonds. The Labute approximate surface area is 141 Å². The Morgan fingerprint density at radius 1 is 1.21 bits per heavy atom. The molecule has 0 aromatic heterocycles. The number of carboxylic acids is 1. The highest BCUT2D eigenvalue weighted by Crippen LogP contribution is 2.11. The number of amides is 1. The summed E-state index contributed by atoms with van der Waals surface area (Å²) in [7, 11) is -2.23. The molecule has 0 aliphatic carbocycles. The van der Waals surface area contributed by atoms with E-state index in [0.717, 1.165) is 0 Å². The number of nitrogens with one attached hydrogen (secondary N) is 2. The van der Waals surface area contributed by atoms with Gasteiger partial charge in [0.05, 0.1) is 11.5 Å². The largest absolute Gasteiger partial charge is 0.481 e. The summed E-state index contributed by atoms with van der Waals surface area (Å²) < 4.78 is 31.3. The van der Waals surface area contributed by atoms with E-state index < -0.39 is 21.9 Å². The lowest BCUT2D eigenvalue weighted by Crippen LogP contribution is -2.28. The lowest BCUT2D eigenvalue weighted by molar-refractivity contribution is -0.137. The Balaban J connectivity index is 2.60. The molecule has 24 heavy (non-hydrogen) atoms. The SMILES string of the molecule is COCCNS(=O)(=O)c1cccc(C(=O)NCCCCC(=O)O)c1. The van der Waals surface area contributed by atoms with Crippen LogP contribution in [0.15, 0.2) is 29.2 Å². The van der Waals surface area contributed by atoms with Crippen molar-refractivity contribution in [3.05, 3.63) is 29.8 Å². The van der Waals surface area contributed by atoms with Crippen molar-refractivity contribution in [1.82, 2.24) is 10.0 Å². The summed E-state index contributed by atoms with van der Waals surface area (Å²) >= 11 is 0. The second-order valence-corrected chi connectivity index (χ2v) is 6.79. The summed E-state index contributed by atoms with van der Waals surface area (Å²) in [5, 5.41) is 11.2. The highest BCUT2D eigenvalue weighted by Gasteiger charge is 2.15. The van der Waals surface area contributed by atoms with Crippen LogP contribution < -0.4 is 10.0 Å². The molecule has 134 valence electrons. The van der Waals surface area contributed by atoms with Crippen molar-refractivity contribution in [2.45, 2.75) is 24.2 Å². The molecule has 1 aromatic carbocycles. The van der Waals surface area contributed by atoms with E-state index in [-0.39, 0.29) is 30.0 Å². The number of sulfonamides is 1. The Morgan fingerprint density at radius 3 is 2.62 bits per heavy atom. The Bertz CT molecular complexity index is 660. The van der Waals surface area contributed by atoms with Crippen LogP contribution in [0.4, 0.5) is 0 Å². The molecule has 9 heteroatoms. The average molecular weight is 358 g/mol. The minimum atomic E-state index is -3.70. The van der Waals surface area contributed by atoms with Crippen LogP contribution in [0.2, 0.25) is 0 Å². The van der Waals surface area contributed by atoms with Crippen molar-refractivity contribution in [3.63, 3.8) is 0 Å². The molecule has 1 aromatic rings. The average Bonchev–Trinajstić information content (AvgIpc) is 2.54. The molecule has 0 saturated carbocycles. The third-order valence-corrected chi connectivity index (χ3v) is 4.57. The second-order valence-electron chi connectivity index (χ2n) is 5.03. The number of benzene rings is 1. The predicted octanol–water partition coefficient (Wildman–Crippen LogP) is 0.596. The number of methoxy groups -OCH3 is 1. The van der Waals surface area contributed by atoms with Crippen LogP contribution in [0, 0.1) is 0 Å². The smallest absolute Gasteiger partial charge is 0.303 e. The Morgan fingerprint density at radius 2 is 1.96 bits per heavy atom. The van der Waals surface area contributed by atoms with Crippen molar-refractivity contribution in [1.29, 1.82) is 0 Å². The van der Waals surface area contributed by atoms with Crippen LogP contribution in [0.25, 0.3) is 0 Å². The highest BCUT2D eigenvalue weighted by molar-refractivity contribution is 7.89. The van der Waals surface area contributed by atoms with E-state index in [2.05, 4.69) is 10.0 Å². The number of aliphatic carboxylic acids is 1. The van der Waals surface area contributed by atoms with Crippen molar-refractivity contribution in [2.24, 2.45) is 0 Å². The maximum Gasteiger partial charge on any atom is 0.303 e. The van der Waals surface area contributed by atoms with Gasteiger partial charge in [0.25, 0.3) is 5.91 Å². The van der Waals surface area contributed by atoms with Gasteiger partial charge in [-0.3, -0.25) is 9.59 Å². The van der Waals surface area contributed by atoms with Gasteiger partial charge in [-0.15, -0.1) is 0 Å². The fourth-order valence-corrected chi connectivity index (χ4v) is 2.93. The number of unbranched alkanes of at least 4 members (excludes halogenated alkanes) is 1. The summed E-state index contributed by atoms with van der Waals surface area (Å²) in [6, 6.07) is 5.70. The number of ether oxygens (including phenoxy) is 1. The van der Waals surface area contributed by atoms with E-state index in [0.29, 0.717) is 19.4 Å². The van der Waals surface area contributed by atoms with Gasteiger partial charge in [0.2, 0.25) is 10.0 Å². The highest BCUT2D eigenvalue weighted by atomic mass is 32.2. The summed E-state index contributed by atoms with van der Waals surface area (Å²) in [5.74, 6) is -1.28. The number of carboxylic acid groups (broad SMARTS) is 1. The number of carbonyl (C=O) groups excluding carboxylic acids is 1. The second kappa shape index (κ2) is 10.0. The van der Waals surface area contributed by atoms with E-state index in [1.54, 1.807) is 0 Å². The summed E-state index contributed by atoms with van der Waals surface area (Å²) in [5.41, 5.74) is 0.225. The molecule has 0 fully saturated rings. The molecular weight excluding hydrogens is 336 g/mol. The first-order valence-corrected chi connectivity index (χ1v) is 8.94. The van der Waals surface area contributed by atoms with Gasteiger partial charge < -0.3 is 15.2 Å². The molecular formula is C15H22N2O6S. The van der Waals surface area contributed by atoms with Crippen LogP contribution in [0.1, 0.15) is 29.6 Å². The lowest BCUT2D eigenvalue weighted by Gasteiger charge is -2.09. The first-order chi connectivity index (χ1) is 11.4. The molecule has 0 bridgehead atoms. The first kappa shape index (κ1) is 20.1. The normalized spacial score (nSPS) is 11.2. The zero-order valence-corrected chi connectivity index (χ0v) is 14.3. The van der Waals surface area contributed by atoms with Crippen LogP contribution >= 0.6 is 0 Å². The van der Waals surface area contributed by atoms with Gasteiger partial charge in [0.1, 0.15) is 0 Å². The third-order valence-electron chi connectivity index (χ3n) is 3.11. The van der Waals surface area contributed by atoms with Crippen molar-refractivity contribution in [2.75, 3.05) is 26.8 Å². The molecule has 0 unspecified atom stereocenters. The molecule has 0 atom stereocenters. The number of carbonyl (C=O) groups is 2. The summed E-state index contributed by atoms with van der Waals surface area (Å²) in [6.07, 6.45) is 1.05. The topological polar surface area (TPSA) is 122 Å². The van der Waals surface area contributed by atoms with Gasteiger partial charge in [-0.2, -0.15) is 0 Å². The van der Waals surface area contributed by atoms with E-state index in [9.17, 15) is 18.0 Å². The maximum absolute atomic E-state index is 12.1. The first-order valence-electron chi connectivity index (χ1n) is 7.45. The van der Waals surface area contributed by atoms with E-state index >= 15 is 0 Å². The molecule has 0 aliphatic rings. The van der Waals surface area contributed by atoms with Gasteiger partial charge in [-0.1, -0.05) is 6.07 Å². The van der Waals surface area contributed by atoms with Crippen LogP contribution in [-0.4, -0.2) is 52.2 Å².